The maximum atomic E-state index is 8.99. The van der Waals surface area contributed by atoms with Gasteiger partial charge in [0.05, 0.1) is 12.0 Å². The smallest absolute Gasteiger partial charge is 0.0663 e. The van der Waals surface area contributed by atoms with Crippen LogP contribution in [-0.2, 0) is 6.42 Å². The highest BCUT2D eigenvalue weighted by atomic mass is 14.4. The number of rotatable bonds is 5. The summed E-state index contributed by atoms with van der Waals surface area (Å²) in [5, 5.41) is 16.6. The summed E-state index contributed by atoms with van der Waals surface area (Å²) in [5.41, 5.74) is 1.84. The van der Waals surface area contributed by atoms with E-state index in [0.29, 0.717) is 12.1 Å². The van der Waals surface area contributed by atoms with Crippen LogP contribution >= 0.6 is 0 Å². The zero-order valence-corrected chi connectivity index (χ0v) is 9.03. The Kier molecular flexibility index (Phi) is 4.56. The van der Waals surface area contributed by atoms with Crippen LogP contribution < -0.4 is 0 Å². The van der Waals surface area contributed by atoms with Crippen LogP contribution in [0.1, 0.15) is 25.3 Å². The van der Waals surface area contributed by atoms with Crippen molar-refractivity contribution in [1.82, 2.24) is 0 Å². The third kappa shape index (κ3) is 3.95. The summed E-state index contributed by atoms with van der Waals surface area (Å²) in [6.45, 7) is 1.96. The molecule has 1 unspecified atom stereocenters. The van der Waals surface area contributed by atoms with Crippen molar-refractivity contribution in [3.05, 3.63) is 35.9 Å². The molecule has 0 aromatic heterocycles. The molecule has 0 amide bonds. The van der Waals surface area contributed by atoms with Gasteiger partial charge in [0.2, 0.25) is 0 Å². The molecule has 15 heavy (non-hydrogen) atoms. The first kappa shape index (κ1) is 11.5. The number of nitriles is 1. The van der Waals surface area contributed by atoms with Crippen molar-refractivity contribution >= 4 is 5.71 Å². The maximum absolute atomic E-state index is 8.99. The molecular formula is C13H16N2. The van der Waals surface area contributed by atoms with E-state index in [-0.39, 0.29) is 5.92 Å². The van der Waals surface area contributed by atoms with E-state index in [1.807, 2.05) is 37.3 Å². The zero-order valence-electron chi connectivity index (χ0n) is 9.03. The minimum atomic E-state index is -0.0557. The van der Waals surface area contributed by atoms with Gasteiger partial charge in [-0.05, 0) is 18.4 Å². The molecule has 0 heterocycles. The second-order valence-electron chi connectivity index (χ2n) is 3.68. The lowest BCUT2D eigenvalue weighted by Crippen LogP contribution is -2.08. The van der Waals surface area contributed by atoms with Gasteiger partial charge in [0.25, 0.3) is 0 Å². The van der Waals surface area contributed by atoms with Gasteiger partial charge < -0.3 is 5.41 Å². The highest BCUT2D eigenvalue weighted by molar-refractivity contribution is 5.81. The number of nitrogens with zero attached hydrogens (tertiary/aromatic N) is 1. The second kappa shape index (κ2) is 5.98. The average Bonchev–Trinajstić information content (AvgIpc) is 2.29. The van der Waals surface area contributed by atoms with Crippen LogP contribution in [-0.4, -0.2) is 5.71 Å². The third-order valence-corrected chi connectivity index (χ3v) is 2.43. The Morgan fingerprint density at radius 3 is 2.60 bits per heavy atom. The van der Waals surface area contributed by atoms with Crippen LogP contribution in [0.2, 0.25) is 0 Å². The standard InChI is InChI=1S/C13H16N2/c1-2-13(15)9-12(10-14)8-11-6-4-3-5-7-11/h3-7,12,15H,2,8-9H2,1H3. The first-order valence-electron chi connectivity index (χ1n) is 5.26. The second-order valence-corrected chi connectivity index (χ2v) is 3.68. The lowest BCUT2D eigenvalue weighted by molar-refractivity contribution is 0.684. The van der Waals surface area contributed by atoms with Gasteiger partial charge in [-0.15, -0.1) is 0 Å². The van der Waals surface area contributed by atoms with Crippen LogP contribution in [0.4, 0.5) is 0 Å². The zero-order chi connectivity index (χ0) is 11.1. The summed E-state index contributed by atoms with van der Waals surface area (Å²) in [4.78, 5) is 0. The van der Waals surface area contributed by atoms with Crippen molar-refractivity contribution in [3.63, 3.8) is 0 Å². The lowest BCUT2D eigenvalue weighted by atomic mass is 9.95. The Bertz CT molecular complexity index is 349. The van der Waals surface area contributed by atoms with Crippen LogP contribution in [0.5, 0.6) is 0 Å². The first-order valence-corrected chi connectivity index (χ1v) is 5.26. The van der Waals surface area contributed by atoms with E-state index >= 15 is 0 Å². The lowest BCUT2D eigenvalue weighted by Gasteiger charge is -2.08. The van der Waals surface area contributed by atoms with Crippen molar-refractivity contribution in [3.8, 4) is 6.07 Å². The molecule has 0 aliphatic rings. The summed E-state index contributed by atoms with van der Waals surface area (Å²) >= 11 is 0. The van der Waals surface area contributed by atoms with Crippen molar-refractivity contribution < 1.29 is 0 Å². The molecule has 0 radical (unpaired) electrons. The summed E-state index contributed by atoms with van der Waals surface area (Å²) < 4.78 is 0. The Balaban J connectivity index is 2.55. The Hall–Kier alpha value is -1.62. The molecule has 0 saturated carbocycles. The van der Waals surface area contributed by atoms with Crippen LogP contribution in [0, 0.1) is 22.7 Å². The van der Waals surface area contributed by atoms with Gasteiger partial charge in [0, 0.05) is 12.1 Å². The summed E-state index contributed by atoms with van der Waals surface area (Å²) in [5.74, 6) is -0.0557. The van der Waals surface area contributed by atoms with Crippen molar-refractivity contribution in [2.45, 2.75) is 26.2 Å². The minimum absolute atomic E-state index is 0.0557. The molecular weight excluding hydrogens is 184 g/mol. The van der Waals surface area contributed by atoms with E-state index in [1.165, 1.54) is 5.56 Å². The average molecular weight is 200 g/mol. The molecule has 1 rings (SSSR count). The molecule has 2 nitrogen and oxygen atoms in total. The van der Waals surface area contributed by atoms with Gasteiger partial charge in [-0.3, -0.25) is 0 Å². The molecule has 0 fully saturated rings. The van der Waals surface area contributed by atoms with Gasteiger partial charge in [-0.1, -0.05) is 37.3 Å². The third-order valence-electron chi connectivity index (χ3n) is 2.43. The molecule has 1 N–H and O–H groups in total. The monoisotopic (exact) mass is 200 g/mol. The van der Waals surface area contributed by atoms with E-state index in [0.717, 1.165) is 12.8 Å². The van der Waals surface area contributed by atoms with E-state index in [9.17, 15) is 0 Å². The number of hydrogen-bond acceptors (Lipinski definition) is 2. The predicted octanol–water partition coefficient (Wildman–Crippen LogP) is 3.19. The fourth-order valence-corrected chi connectivity index (χ4v) is 1.50. The molecule has 0 bridgehead atoms. The predicted molar refractivity (Wildman–Crippen MR) is 61.9 cm³/mol. The summed E-state index contributed by atoms with van der Waals surface area (Å²) in [6, 6.07) is 12.3. The van der Waals surface area contributed by atoms with Gasteiger partial charge in [0.15, 0.2) is 0 Å². The Labute approximate surface area is 91.1 Å². The van der Waals surface area contributed by atoms with Crippen LogP contribution in [0.3, 0.4) is 0 Å². The van der Waals surface area contributed by atoms with Gasteiger partial charge in [0.1, 0.15) is 0 Å². The SMILES string of the molecule is CCC(=N)CC(C#N)Cc1ccccc1. The molecule has 1 aromatic rings. The quantitative estimate of drug-likeness (QED) is 0.729. The Morgan fingerprint density at radius 2 is 2.07 bits per heavy atom. The highest BCUT2D eigenvalue weighted by Gasteiger charge is 2.10. The first-order chi connectivity index (χ1) is 7.26. The van der Waals surface area contributed by atoms with E-state index in [1.54, 1.807) is 0 Å². The van der Waals surface area contributed by atoms with Crippen LogP contribution in [0.25, 0.3) is 0 Å². The van der Waals surface area contributed by atoms with Gasteiger partial charge >= 0.3 is 0 Å². The molecule has 0 aliphatic carbocycles. The van der Waals surface area contributed by atoms with Crippen molar-refractivity contribution in [2.75, 3.05) is 0 Å². The maximum Gasteiger partial charge on any atom is 0.0663 e. The summed E-state index contributed by atoms with van der Waals surface area (Å²) in [6.07, 6.45) is 2.09. The molecule has 2 heteroatoms. The van der Waals surface area contributed by atoms with E-state index < -0.39 is 0 Å². The minimum Gasteiger partial charge on any atom is -0.310 e. The molecule has 0 spiro atoms. The highest BCUT2D eigenvalue weighted by Crippen LogP contribution is 2.12. The molecule has 1 atom stereocenters. The normalized spacial score (nSPS) is 11.7. The molecule has 0 aliphatic heterocycles. The van der Waals surface area contributed by atoms with E-state index in [4.69, 9.17) is 10.7 Å². The van der Waals surface area contributed by atoms with Crippen molar-refractivity contribution in [1.29, 1.82) is 10.7 Å². The Morgan fingerprint density at radius 1 is 1.40 bits per heavy atom. The number of benzene rings is 1. The van der Waals surface area contributed by atoms with Crippen molar-refractivity contribution in [2.24, 2.45) is 5.92 Å². The topological polar surface area (TPSA) is 47.6 Å². The number of nitrogens with one attached hydrogen (secondary N) is 1. The van der Waals surface area contributed by atoms with Crippen LogP contribution in [0.15, 0.2) is 30.3 Å². The van der Waals surface area contributed by atoms with E-state index in [2.05, 4.69) is 6.07 Å². The largest absolute Gasteiger partial charge is 0.310 e. The van der Waals surface area contributed by atoms with Gasteiger partial charge in [-0.2, -0.15) is 5.26 Å². The van der Waals surface area contributed by atoms with Gasteiger partial charge in [-0.25, -0.2) is 0 Å². The fraction of sp³-hybridized carbons (Fsp3) is 0.385. The number of hydrogen-bond donors (Lipinski definition) is 1. The molecule has 1 aromatic carbocycles. The molecule has 78 valence electrons. The molecule has 0 saturated heterocycles. The fourth-order valence-electron chi connectivity index (χ4n) is 1.50. The summed E-state index contributed by atoms with van der Waals surface area (Å²) in [7, 11) is 0.